The molecular weight excluding hydrogens is 240 g/mol. The molecule has 0 spiro atoms. The molecule has 0 unspecified atom stereocenters. The molecule has 17 heavy (non-hydrogen) atoms. The van der Waals surface area contributed by atoms with Crippen molar-refractivity contribution in [1.82, 2.24) is 4.98 Å². The fourth-order valence-electron chi connectivity index (χ4n) is 1.33. The second-order valence-electron chi connectivity index (χ2n) is 3.35. The average molecular weight is 252 g/mol. The van der Waals surface area contributed by atoms with E-state index in [2.05, 4.69) is 9.72 Å². The summed E-state index contributed by atoms with van der Waals surface area (Å²) >= 11 is 1.36. The van der Waals surface area contributed by atoms with Gasteiger partial charge in [-0.2, -0.15) is 0 Å². The van der Waals surface area contributed by atoms with E-state index in [0.717, 1.165) is 0 Å². The first-order valence-corrected chi connectivity index (χ1v) is 6.04. The number of para-hydroxylation sites is 1. The minimum atomic E-state index is -0.242. The first kappa shape index (κ1) is 11.8. The van der Waals surface area contributed by atoms with Crippen LogP contribution in [-0.4, -0.2) is 23.8 Å². The number of hydrogen-bond acceptors (Lipinski definition) is 6. The normalized spacial score (nSPS) is 10.6. The predicted molar refractivity (Wildman–Crippen MR) is 65.8 cm³/mol. The van der Waals surface area contributed by atoms with Gasteiger partial charge >= 0.3 is 5.97 Å². The van der Waals surface area contributed by atoms with Crippen LogP contribution in [0.2, 0.25) is 0 Å². The molecule has 2 rings (SSSR count). The van der Waals surface area contributed by atoms with E-state index in [1.165, 1.54) is 18.9 Å². The number of aromatic nitrogens is 1. The van der Waals surface area contributed by atoms with Crippen molar-refractivity contribution in [3.63, 3.8) is 0 Å². The van der Waals surface area contributed by atoms with Crippen molar-refractivity contribution in [3.8, 4) is 0 Å². The third-order valence-electron chi connectivity index (χ3n) is 2.19. The number of benzene rings is 1. The molecule has 0 radical (unpaired) electrons. The lowest BCUT2D eigenvalue weighted by Crippen LogP contribution is -2.00. The first-order chi connectivity index (χ1) is 8.20. The van der Waals surface area contributed by atoms with Crippen molar-refractivity contribution in [3.05, 3.63) is 18.2 Å². The number of nitrogens with zero attached hydrogens (tertiary/aromatic N) is 1. The number of ether oxygens (including phenoxy) is 1. The van der Waals surface area contributed by atoms with Gasteiger partial charge in [0, 0.05) is 5.75 Å². The highest BCUT2D eigenvalue weighted by molar-refractivity contribution is 7.99. The summed E-state index contributed by atoms with van der Waals surface area (Å²) in [6, 6.07) is 5.39. The molecule has 1 aromatic carbocycles. The lowest BCUT2D eigenvalue weighted by molar-refractivity contribution is -0.140. The molecule has 0 aliphatic heterocycles. The van der Waals surface area contributed by atoms with Crippen LogP contribution >= 0.6 is 11.8 Å². The second-order valence-corrected chi connectivity index (χ2v) is 4.39. The van der Waals surface area contributed by atoms with Crippen LogP contribution in [0.25, 0.3) is 11.1 Å². The fourth-order valence-corrected chi connectivity index (χ4v) is 2.08. The van der Waals surface area contributed by atoms with E-state index in [0.29, 0.717) is 34.2 Å². The van der Waals surface area contributed by atoms with Crippen LogP contribution in [0.4, 0.5) is 5.69 Å². The largest absolute Gasteiger partial charge is 0.469 e. The van der Waals surface area contributed by atoms with Gasteiger partial charge in [0.05, 0.1) is 19.2 Å². The zero-order valence-corrected chi connectivity index (χ0v) is 10.1. The molecule has 0 aliphatic carbocycles. The number of oxazole rings is 1. The molecule has 5 nitrogen and oxygen atoms in total. The highest BCUT2D eigenvalue weighted by atomic mass is 32.2. The topological polar surface area (TPSA) is 78.3 Å². The number of carbonyl (C=O) groups excluding carboxylic acids is 1. The Hall–Kier alpha value is -1.69. The van der Waals surface area contributed by atoms with Crippen LogP contribution in [0.5, 0.6) is 0 Å². The number of esters is 1. The third-order valence-corrected chi connectivity index (χ3v) is 3.02. The highest BCUT2D eigenvalue weighted by Gasteiger charge is 2.09. The Bertz CT molecular complexity index is 538. The maximum Gasteiger partial charge on any atom is 0.306 e. The number of rotatable bonds is 4. The number of fused-ring (bicyclic) bond motifs is 1. The van der Waals surface area contributed by atoms with Gasteiger partial charge in [-0.15, -0.1) is 0 Å². The molecular formula is C11H12N2O3S. The van der Waals surface area contributed by atoms with Crippen LogP contribution in [0.15, 0.2) is 27.8 Å². The maximum atomic E-state index is 10.9. The Morgan fingerprint density at radius 3 is 3.12 bits per heavy atom. The average Bonchev–Trinajstić information content (AvgIpc) is 2.73. The third kappa shape index (κ3) is 2.71. The lowest BCUT2D eigenvalue weighted by Gasteiger charge is -1.95. The van der Waals surface area contributed by atoms with Crippen molar-refractivity contribution < 1.29 is 13.9 Å². The molecule has 0 amide bonds. The quantitative estimate of drug-likeness (QED) is 0.510. The molecule has 1 heterocycles. The zero-order chi connectivity index (χ0) is 12.3. The highest BCUT2D eigenvalue weighted by Crippen LogP contribution is 2.26. The van der Waals surface area contributed by atoms with Gasteiger partial charge in [0.25, 0.3) is 5.22 Å². The van der Waals surface area contributed by atoms with E-state index in [-0.39, 0.29) is 5.97 Å². The van der Waals surface area contributed by atoms with Crippen LogP contribution < -0.4 is 5.73 Å². The number of thioether (sulfide) groups is 1. The van der Waals surface area contributed by atoms with E-state index in [9.17, 15) is 4.79 Å². The molecule has 2 aromatic rings. The van der Waals surface area contributed by atoms with Crippen molar-refractivity contribution in [2.24, 2.45) is 0 Å². The first-order valence-electron chi connectivity index (χ1n) is 5.05. The summed E-state index contributed by atoms with van der Waals surface area (Å²) in [7, 11) is 1.37. The summed E-state index contributed by atoms with van der Waals surface area (Å²) in [5.74, 6) is 0.326. The molecule has 0 aliphatic rings. The molecule has 0 fully saturated rings. The van der Waals surface area contributed by atoms with Gasteiger partial charge < -0.3 is 14.9 Å². The lowest BCUT2D eigenvalue weighted by atomic mass is 10.3. The Morgan fingerprint density at radius 2 is 2.41 bits per heavy atom. The van der Waals surface area contributed by atoms with Gasteiger partial charge in [-0.3, -0.25) is 4.79 Å². The van der Waals surface area contributed by atoms with Gasteiger partial charge in [-0.1, -0.05) is 17.8 Å². The van der Waals surface area contributed by atoms with Crippen molar-refractivity contribution in [2.45, 2.75) is 11.6 Å². The smallest absolute Gasteiger partial charge is 0.306 e. The second kappa shape index (κ2) is 5.09. The van der Waals surface area contributed by atoms with Crippen molar-refractivity contribution in [1.29, 1.82) is 0 Å². The fraction of sp³-hybridized carbons (Fsp3) is 0.273. The van der Waals surface area contributed by atoms with Crippen LogP contribution in [-0.2, 0) is 9.53 Å². The zero-order valence-electron chi connectivity index (χ0n) is 9.30. The summed E-state index contributed by atoms with van der Waals surface area (Å²) in [5, 5.41) is 0.516. The van der Waals surface area contributed by atoms with Gasteiger partial charge in [0.1, 0.15) is 5.52 Å². The van der Waals surface area contributed by atoms with Crippen LogP contribution in [0.1, 0.15) is 6.42 Å². The summed E-state index contributed by atoms with van der Waals surface area (Å²) in [5.41, 5.74) is 7.67. The van der Waals surface area contributed by atoms with Gasteiger partial charge in [-0.25, -0.2) is 4.98 Å². The Balaban J connectivity index is 2.05. The number of nitrogens with two attached hydrogens (primary N) is 1. The minimum absolute atomic E-state index is 0.242. The molecule has 0 saturated carbocycles. The number of hydrogen-bond donors (Lipinski definition) is 1. The van der Waals surface area contributed by atoms with E-state index < -0.39 is 0 Å². The van der Waals surface area contributed by atoms with Gasteiger partial charge in [-0.05, 0) is 12.1 Å². The maximum absolute atomic E-state index is 10.9. The van der Waals surface area contributed by atoms with Crippen LogP contribution in [0, 0.1) is 0 Å². The number of anilines is 1. The summed E-state index contributed by atoms with van der Waals surface area (Å²) < 4.78 is 10.0. The van der Waals surface area contributed by atoms with Gasteiger partial charge in [0.15, 0.2) is 5.58 Å². The van der Waals surface area contributed by atoms with Crippen molar-refractivity contribution >= 4 is 34.5 Å². The number of nitrogen functional groups attached to an aromatic ring is 1. The standard InChI is InChI=1S/C11H12N2O3S/c1-15-9(14)5-6-17-11-13-10-7(12)3-2-4-8(10)16-11/h2-4H,5-6,12H2,1H3. The van der Waals surface area contributed by atoms with E-state index in [1.54, 1.807) is 6.07 Å². The van der Waals surface area contributed by atoms with Crippen LogP contribution in [0.3, 0.4) is 0 Å². The molecule has 6 heteroatoms. The molecule has 1 aromatic heterocycles. The molecule has 0 bridgehead atoms. The Kier molecular flexibility index (Phi) is 3.53. The molecule has 2 N–H and O–H groups in total. The van der Waals surface area contributed by atoms with Gasteiger partial charge in [0.2, 0.25) is 0 Å². The SMILES string of the molecule is COC(=O)CCSc1nc2c(N)cccc2o1. The Labute approximate surface area is 102 Å². The molecule has 0 atom stereocenters. The number of methoxy groups -OCH3 is 1. The van der Waals surface area contributed by atoms with E-state index >= 15 is 0 Å². The summed E-state index contributed by atoms with van der Waals surface area (Å²) in [4.78, 5) is 15.2. The molecule has 0 saturated heterocycles. The molecule has 90 valence electrons. The van der Waals surface area contributed by atoms with Crippen molar-refractivity contribution in [2.75, 3.05) is 18.6 Å². The summed E-state index contributed by atoms with van der Waals surface area (Å²) in [6.45, 7) is 0. The summed E-state index contributed by atoms with van der Waals surface area (Å²) in [6.07, 6.45) is 0.329. The monoisotopic (exact) mass is 252 g/mol. The predicted octanol–water partition coefficient (Wildman–Crippen LogP) is 2.07. The van der Waals surface area contributed by atoms with E-state index in [4.69, 9.17) is 10.2 Å². The van der Waals surface area contributed by atoms with E-state index in [1.807, 2.05) is 12.1 Å². The number of carbonyl (C=O) groups is 1. The Morgan fingerprint density at radius 1 is 1.59 bits per heavy atom. The minimum Gasteiger partial charge on any atom is -0.469 e.